The number of nitro benzene ring substituents is 1. The van der Waals surface area contributed by atoms with Gasteiger partial charge in [-0.05, 0) is 0 Å². The molecule has 2 heterocycles. The molecule has 1 aromatic heterocycles. The van der Waals surface area contributed by atoms with Gasteiger partial charge in [-0.3, -0.25) is 0 Å². The van der Waals surface area contributed by atoms with E-state index in [1.54, 1.807) is 17.3 Å². The van der Waals surface area contributed by atoms with Gasteiger partial charge in [-0.25, -0.2) is 0 Å². The third kappa shape index (κ3) is 3.19. The van der Waals surface area contributed by atoms with Crippen LogP contribution in [0.25, 0.3) is 11.6 Å². The van der Waals surface area contributed by atoms with Crippen molar-refractivity contribution in [2.75, 3.05) is 11.4 Å². The van der Waals surface area contributed by atoms with Crippen molar-refractivity contribution in [3.63, 3.8) is 0 Å². The van der Waals surface area contributed by atoms with E-state index in [2.05, 4.69) is 4.98 Å². The molecular weight excluding hydrogens is 489 g/mol. The Morgan fingerprint density at radius 2 is 2.26 bits per heavy atom. The molecule has 0 radical (unpaired) electrons. The number of carbonyl (C=O) groups is 1. The molecule has 0 spiro atoms. The summed E-state index contributed by atoms with van der Waals surface area (Å²) in [7, 11) is 0. The predicted octanol–water partition coefficient (Wildman–Crippen LogP) is 2.02. The average Bonchev–Trinajstić information content (AvgIpc) is 2.91. The monoisotopic (exact) mass is 502 g/mol. The number of aromatic nitrogens is 2. The van der Waals surface area contributed by atoms with E-state index >= 15 is 0 Å². The number of nitro groups is 1. The summed E-state index contributed by atoms with van der Waals surface area (Å²) in [5.41, 5.74) is 3.26. The molecule has 8 heteroatoms. The Hall–Kier alpha value is -2.04. The number of non-ortho nitro benzene ring substituents is 1. The van der Waals surface area contributed by atoms with Crippen LogP contribution in [0.15, 0.2) is 30.7 Å². The molecule has 1 aliphatic rings. The standard InChI is InChI=1S/C15H13N4O3.Tl/c1-10(20)18-5-4-11(6-12-8-16-9-17-12)14-7-13(19(21)22)2-3-15(14)18;/h2-3,6-9H,4-5H2,1H3;/q-1;+1/b11-6+;. The van der Waals surface area contributed by atoms with Crippen molar-refractivity contribution < 1.29 is 9.72 Å². The van der Waals surface area contributed by atoms with Crippen molar-refractivity contribution in [3.8, 4) is 0 Å². The van der Waals surface area contributed by atoms with Gasteiger partial charge in [0, 0.05) is 0 Å². The number of imidazole rings is 1. The molecule has 3 rings (SSSR count). The maximum absolute atomic E-state index is 11.8. The fourth-order valence-corrected chi connectivity index (χ4v) is 3.55. The SMILES string of the molecule is CC(=O)N1CC/C(=C\c2c[n]([Tl])cn2)c2cc([N+](=O)[O-])ccc21. The minimum atomic E-state index is -0.419. The second-order valence-corrected chi connectivity index (χ2v) is 7.61. The number of carbonyl (C=O) groups excluding carboxylic acids is 1. The molecule has 0 aliphatic carbocycles. The number of rotatable bonds is 2. The van der Waals surface area contributed by atoms with E-state index in [9.17, 15) is 14.9 Å². The summed E-state index contributed by atoms with van der Waals surface area (Å²) in [6.45, 7) is 2.07. The first kappa shape index (κ1) is 15.8. The van der Waals surface area contributed by atoms with Gasteiger partial charge in [-0.1, -0.05) is 0 Å². The summed E-state index contributed by atoms with van der Waals surface area (Å²) in [6, 6.07) is 4.62. The summed E-state index contributed by atoms with van der Waals surface area (Å²) in [6.07, 6.45) is 6.31. The summed E-state index contributed by atoms with van der Waals surface area (Å²) in [5, 5.41) is 11.1. The van der Waals surface area contributed by atoms with Crippen molar-refractivity contribution in [3.05, 3.63) is 52.1 Å². The van der Waals surface area contributed by atoms with E-state index in [0.29, 0.717) is 44.7 Å². The summed E-state index contributed by atoms with van der Waals surface area (Å²) >= 11 is 0.646. The van der Waals surface area contributed by atoms with Gasteiger partial charge in [-0.2, -0.15) is 0 Å². The van der Waals surface area contributed by atoms with Crippen molar-refractivity contribution >= 4 is 55.0 Å². The Balaban J connectivity index is 2.12. The zero-order chi connectivity index (χ0) is 16.6. The molecule has 0 saturated heterocycles. The number of fused-ring (bicyclic) bond motifs is 1. The van der Waals surface area contributed by atoms with Gasteiger partial charge in [0.15, 0.2) is 0 Å². The number of amides is 1. The van der Waals surface area contributed by atoms with Gasteiger partial charge in [0.05, 0.1) is 0 Å². The van der Waals surface area contributed by atoms with E-state index in [1.165, 1.54) is 19.1 Å². The van der Waals surface area contributed by atoms with Gasteiger partial charge < -0.3 is 0 Å². The second kappa shape index (κ2) is 6.22. The normalized spacial score (nSPS) is 15.5. The van der Waals surface area contributed by atoms with E-state index in [0.717, 1.165) is 16.8 Å². The Morgan fingerprint density at radius 3 is 2.87 bits per heavy atom. The van der Waals surface area contributed by atoms with Crippen LogP contribution >= 0.6 is 0 Å². The van der Waals surface area contributed by atoms with Crippen LogP contribution in [-0.2, 0) is 4.79 Å². The molecule has 1 aliphatic heterocycles. The number of benzene rings is 1. The Kier molecular flexibility index (Phi) is 4.29. The van der Waals surface area contributed by atoms with Crippen LogP contribution in [0.5, 0.6) is 0 Å². The molecule has 0 saturated carbocycles. The molecule has 1 aromatic carbocycles. The third-order valence-corrected chi connectivity index (χ3v) is 4.85. The Bertz CT molecular complexity index is 828. The van der Waals surface area contributed by atoms with Crippen LogP contribution in [0, 0.1) is 10.1 Å². The quantitative estimate of drug-likeness (QED) is 0.358. The van der Waals surface area contributed by atoms with E-state index < -0.39 is 4.92 Å². The summed E-state index contributed by atoms with van der Waals surface area (Å²) in [5.74, 6) is -0.0656. The molecule has 7 nitrogen and oxygen atoms in total. The molecule has 2 aromatic rings. The minimum absolute atomic E-state index is 0.0231. The van der Waals surface area contributed by atoms with Crippen molar-refractivity contribution in [2.24, 2.45) is 0 Å². The van der Waals surface area contributed by atoms with Gasteiger partial charge in [-0.15, -0.1) is 0 Å². The van der Waals surface area contributed by atoms with Crippen LogP contribution < -0.4 is 4.90 Å². The van der Waals surface area contributed by atoms with Gasteiger partial charge >= 0.3 is 149 Å². The molecule has 0 bridgehead atoms. The van der Waals surface area contributed by atoms with Crippen molar-refractivity contribution in [1.29, 1.82) is 0 Å². The predicted molar refractivity (Wildman–Crippen MR) is 87.0 cm³/mol. The maximum atomic E-state index is 11.8. The Labute approximate surface area is 148 Å². The summed E-state index contributed by atoms with van der Waals surface area (Å²) < 4.78 is 2.01. The number of hydrogen-bond donors (Lipinski definition) is 0. The molecule has 0 N–H and O–H groups in total. The van der Waals surface area contributed by atoms with Crippen LogP contribution in [0.1, 0.15) is 24.6 Å². The van der Waals surface area contributed by atoms with Crippen molar-refractivity contribution in [1.82, 2.24) is 7.36 Å². The molecule has 0 unspecified atom stereocenters. The van der Waals surface area contributed by atoms with Crippen LogP contribution in [0.4, 0.5) is 11.4 Å². The van der Waals surface area contributed by atoms with E-state index in [-0.39, 0.29) is 11.6 Å². The number of hydrogen-bond acceptors (Lipinski definition) is 4. The second-order valence-electron chi connectivity index (χ2n) is 5.29. The van der Waals surface area contributed by atoms with Gasteiger partial charge in [0.2, 0.25) is 0 Å². The number of anilines is 1. The Morgan fingerprint density at radius 1 is 1.48 bits per heavy atom. The molecule has 1 amide bonds. The van der Waals surface area contributed by atoms with Crippen LogP contribution in [0.3, 0.4) is 0 Å². The molecule has 114 valence electrons. The molecule has 23 heavy (non-hydrogen) atoms. The van der Waals surface area contributed by atoms with Crippen LogP contribution in [0.2, 0.25) is 0 Å². The van der Waals surface area contributed by atoms with Crippen molar-refractivity contribution in [2.45, 2.75) is 13.3 Å². The first-order valence-electron chi connectivity index (χ1n) is 7.02. The third-order valence-electron chi connectivity index (χ3n) is 3.76. The van der Waals surface area contributed by atoms with Gasteiger partial charge in [0.25, 0.3) is 0 Å². The fourth-order valence-electron chi connectivity index (χ4n) is 2.70. The zero-order valence-electron chi connectivity index (χ0n) is 12.5. The molecule has 0 atom stereocenters. The van der Waals surface area contributed by atoms with E-state index in [1.807, 2.05) is 14.6 Å². The average molecular weight is 502 g/mol. The van der Waals surface area contributed by atoms with Crippen LogP contribution in [-0.4, -0.2) is 50.8 Å². The topological polar surface area (TPSA) is 81.3 Å². The van der Waals surface area contributed by atoms with E-state index in [4.69, 9.17) is 0 Å². The fraction of sp³-hybridized carbons (Fsp3) is 0.200. The molecular formula is C15H13N4O3Tl. The zero-order valence-corrected chi connectivity index (χ0v) is 17.0. The van der Waals surface area contributed by atoms with Gasteiger partial charge in [0.1, 0.15) is 0 Å². The summed E-state index contributed by atoms with van der Waals surface area (Å²) in [4.78, 5) is 28.4. The molecule has 0 fully saturated rings. The first-order chi connectivity index (χ1) is 11.0. The number of nitrogens with zero attached hydrogens (tertiary/aromatic N) is 4. The first-order valence-corrected chi connectivity index (χ1v) is 9.03.